The highest BCUT2D eigenvalue weighted by Gasteiger charge is 2.30. The molecule has 3 rings (SSSR count). The first-order chi connectivity index (χ1) is 11.8. The predicted octanol–water partition coefficient (Wildman–Crippen LogP) is 6.82. The Morgan fingerprint density at radius 1 is 1.08 bits per heavy atom. The smallest absolute Gasteiger partial charge is 0.166 e. The Balaban J connectivity index is 1.81. The van der Waals surface area contributed by atoms with Gasteiger partial charge in [0.15, 0.2) is 0 Å². The van der Waals surface area contributed by atoms with E-state index in [9.17, 15) is 13.2 Å². The maximum atomic E-state index is 12.8. The molecule has 0 atom stereocenters. The molecule has 9 heteroatoms. The van der Waals surface area contributed by atoms with E-state index in [0.717, 1.165) is 16.3 Å². The Labute approximate surface area is 160 Å². The van der Waals surface area contributed by atoms with Crippen LogP contribution in [0.25, 0.3) is 11.3 Å². The third-order valence-electron chi connectivity index (χ3n) is 3.27. The second-order valence-electron chi connectivity index (χ2n) is 5.02. The van der Waals surface area contributed by atoms with Crippen LogP contribution in [0.4, 0.5) is 13.2 Å². The zero-order valence-corrected chi connectivity index (χ0v) is 15.5. The fourth-order valence-electron chi connectivity index (χ4n) is 2.11. The summed E-state index contributed by atoms with van der Waals surface area (Å²) in [7, 11) is 0. The van der Waals surface area contributed by atoms with Crippen LogP contribution in [0, 0.1) is 0 Å². The summed E-state index contributed by atoms with van der Waals surface area (Å²) in [4.78, 5) is 0. The van der Waals surface area contributed by atoms with Gasteiger partial charge >= 0.3 is 6.18 Å². The van der Waals surface area contributed by atoms with Gasteiger partial charge in [0.25, 0.3) is 0 Å². The molecule has 0 radical (unpaired) electrons. The number of rotatable bonds is 4. The summed E-state index contributed by atoms with van der Waals surface area (Å²) < 4.78 is 43.1. The Hall–Kier alpha value is -1.28. The van der Waals surface area contributed by atoms with E-state index in [1.807, 2.05) is 0 Å². The second kappa shape index (κ2) is 7.53. The predicted molar refractivity (Wildman–Crippen MR) is 96.4 cm³/mol. The van der Waals surface area contributed by atoms with E-state index in [2.05, 4.69) is 9.59 Å². The molecule has 0 amide bonds. The maximum absolute atomic E-state index is 12.8. The highest BCUT2D eigenvalue weighted by atomic mass is 35.5. The van der Waals surface area contributed by atoms with Gasteiger partial charge in [-0.3, -0.25) is 0 Å². The van der Waals surface area contributed by atoms with E-state index in [1.165, 1.54) is 29.4 Å². The molecule has 2 aromatic carbocycles. The molecule has 1 heterocycles. The lowest BCUT2D eigenvalue weighted by Gasteiger charge is -2.08. The SMILES string of the molecule is FC(F)(F)c1cccc(CSc2snnc2-c2ccc(Cl)cc2Cl)c1. The van der Waals surface area contributed by atoms with Gasteiger partial charge in [0.05, 0.1) is 10.6 Å². The van der Waals surface area contributed by atoms with Crippen molar-refractivity contribution in [3.63, 3.8) is 0 Å². The Kier molecular flexibility index (Phi) is 5.58. The van der Waals surface area contributed by atoms with Gasteiger partial charge in [0.1, 0.15) is 9.90 Å². The second-order valence-corrected chi connectivity index (χ2v) is 7.86. The molecule has 0 aliphatic carbocycles. The van der Waals surface area contributed by atoms with Crippen LogP contribution in [0.1, 0.15) is 11.1 Å². The molecular weight excluding hydrogens is 412 g/mol. The van der Waals surface area contributed by atoms with Crippen LogP contribution in [-0.4, -0.2) is 9.59 Å². The molecule has 2 nitrogen and oxygen atoms in total. The molecule has 0 N–H and O–H groups in total. The van der Waals surface area contributed by atoms with E-state index in [-0.39, 0.29) is 0 Å². The zero-order chi connectivity index (χ0) is 18.0. The molecule has 0 aliphatic rings. The summed E-state index contributed by atoms with van der Waals surface area (Å²) in [5, 5.41) is 5.04. The number of alkyl halides is 3. The van der Waals surface area contributed by atoms with Crippen molar-refractivity contribution in [1.29, 1.82) is 0 Å². The first-order valence-corrected chi connectivity index (χ1v) is 9.43. The third-order valence-corrected chi connectivity index (χ3v) is 5.85. The Bertz CT molecular complexity index is 897. The van der Waals surface area contributed by atoms with Crippen molar-refractivity contribution in [2.45, 2.75) is 16.1 Å². The van der Waals surface area contributed by atoms with Crippen LogP contribution in [0.3, 0.4) is 0 Å². The van der Waals surface area contributed by atoms with Crippen molar-refractivity contribution in [2.75, 3.05) is 0 Å². The van der Waals surface area contributed by atoms with Gasteiger partial charge in [-0.2, -0.15) is 13.2 Å². The molecule has 1 aromatic heterocycles. The zero-order valence-electron chi connectivity index (χ0n) is 12.3. The minimum absolute atomic E-state index is 0.367. The normalized spacial score (nSPS) is 11.7. The lowest BCUT2D eigenvalue weighted by atomic mass is 10.1. The molecule has 3 aromatic rings. The van der Waals surface area contributed by atoms with Gasteiger partial charge < -0.3 is 0 Å². The maximum Gasteiger partial charge on any atom is 0.416 e. The lowest BCUT2D eigenvalue weighted by Crippen LogP contribution is -2.04. The molecule has 0 spiro atoms. The topological polar surface area (TPSA) is 25.8 Å². The first kappa shape index (κ1) is 18.5. The third kappa shape index (κ3) is 4.47. The van der Waals surface area contributed by atoms with Crippen molar-refractivity contribution in [3.05, 3.63) is 63.6 Å². The van der Waals surface area contributed by atoms with Crippen LogP contribution in [0.5, 0.6) is 0 Å². The van der Waals surface area contributed by atoms with E-state index < -0.39 is 11.7 Å². The highest BCUT2D eigenvalue weighted by molar-refractivity contribution is 8.00. The summed E-state index contributed by atoms with van der Waals surface area (Å²) in [5.74, 6) is 0.367. The largest absolute Gasteiger partial charge is 0.416 e. The molecule has 25 heavy (non-hydrogen) atoms. The van der Waals surface area contributed by atoms with Gasteiger partial charge in [0.2, 0.25) is 0 Å². The van der Waals surface area contributed by atoms with Crippen LogP contribution < -0.4 is 0 Å². The van der Waals surface area contributed by atoms with Crippen molar-refractivity contribution in [3.8, 4) is 11.3 Å². The van der Waals surface area contributed by atoms with E-state index in [0.29, 0.717) is 32.6 Å². The van der Waals surface area contributed by atoms with Crippen molar-refractivity contribution in [1.82, 2.24) is 9.59 Å². The fraction of sp³-hybridized carbons (Fsp3) is 0.125. The first-order valence-electron chi connectivity index (χ1n) is 6.91. The number of thioether (sulfide) groups is 1. The van der Waals surface area contributed by atoms with E-state index in [1.54, 1.807) is 24.3 Å². The quantitative estimate of drug-likeness (QED) is 0.432. The van der Waals surface area contributed by atoms with Crippen LogP contribution in [-0.2, 0) is 11.9 Å². The van der Waals surface area contributed by atoms with E-state index >= 15 is 0 Å². The molecule has 0 unspecified atom stereocenters. The van der Waals surface area contributed by atoms with Crippen LogP contribution >= 0.6 is 46.5 Å². The number of hydrogen-bond donors (Lipinski definition) is 0. The molecule has 130 valence electrons. The fourth-order valence-corrected chi connectivity index (χ4v) is 4.29. The Morgan fingerprint density at radius 2 is 1.88 bits per heavy atom. The molecule has 0 bridgehead atoms. The van der Waals surface area contributed by atoms with Crippen LogP contribution in [0.2, 0.25) is 10.0 Å². The molecule has 0 saturated carbocycles. The summed E-state index contributed by atoms with van der Waals surface area (Å²) >= 11 is 14.6. The van der Waals surface area contributed by atoms with Gasteiger partial charge in [-0.05, 0) is 41.4 Å². The average Bonchev–Trinajstić information content (AvgIpc) is 3.01. The van der Waals surface area contributed by atoms with E-state index in [4.69, 9.17) is 23.2 Å². The summed E-state index contributed by atoms with van der Waals surface area (Å²) in [6, 6.07) is 10.3. The summed E-state index contributed by atoms with van der Waals surface area (Å²) in [5.41, 5.74) is 1.20. The number of benzene rings is 2. The minimum atomic E-state index is -4.35. The minimum Gasteiger partial charge on any atom is -0.166 e. The molecule has 0 aliphatic heterocycles. The summed E-state index contributed by atoms with van der Waals surface area (Å²) in [6.07, 6.45) is -4.35. The number of aromatic nitrogens is 2. The van der Waals surface area contributed by atoms with Crippen molar-refractivity contribution >= 4 is 46.5 Å². The van der Waals surface area contributed by atoms with Gasteiger partial charge in [0, 0.05) is 16.3 Å². The monoisotopic (exact) mass is 420 g/mol. The van der Waals surface area contributed by atoms with Gasteiger partial charge in [-0.15, -0.1) is 16.9 Å². The number of nitrogens with zero attached hydrogens (tertiary/aromatic N) is 2. The van der Waals surface area contributed by atoms with Crippen molar-refractivity contribution < 1.29 is 13.2 Å². The molecular formula is C16H9Cl2F3N2S2. The summed E-state index contributed by atoms with van der Waals surface area (Å²) in [6.45, 7) is 0. The number of hydrogen-bond acceptors (Lipinski definition) is 4. The van der Waals surface area contributed by atoms with Gasteiger partial charge in [-0.25, -0.2) is 0 Å². The van der Waals surface area contributed by atoms with Crippen LogP contribution in [0.15, 0.2) is 46.7 Å². The molecule has 0 fully saturated rings. The lowest BCUT2D eigenvalue weighted by molar-refractivity contribution is -0.137. The van der Waals surface area contributed by atoms with Crippen molar-refractivity contribution in [2.24, 2.45) is 0 Å². The van der Waals surface area contributed by atoms with Gasteiger partial charge in [-0.1, -0.05) is 45.9 Å². The average molecular weight is 421 g/mol. The standard InChI is InChI=1S/C16H9Cl2F3N2S2/c17-11-4-5-12(13(18)7-11)14-15(25-23-22-14)24-8-9-2-1-3-10(6-9)16(19,20)21/h1-7H,8H2. The highest BCUT2D eigenvalue weighted by Crippen LogP contribution is 2.39. The number of halogens is 5. The molecule has 0 saturated heterocycles. The Morgan fingerprint density at radius 3 is 2.60 bits per heavy atom.